The van der Waals surface area contributed by atoms with E-state index in [1.54, 1.807) is 42.7 Å². The summed E-state index contributed by atoms with van der Waals surface area (Å²) >= 11 is 3.01. The molecule has 0 saturated carbocycles. The Hall–Kier alpha value is -2.38. The molecule has 0 atom stereocenters. The molecule has 0 aliphatic carbocycles. The number of nitrogens with zero attached hydrogens (tertiary/aromatic N) is 1. The first-order valence-electron chi connectivity index (χ1n) is 6.81. The maximum Gasteiger partial charge on any atom is 0.264 e. The smallest absolute Gasteiger partial charge is 0.264 e. The van der Waals surface area contributed by atoms with Crippen LogP contribution in [0.4, 0.5) is 5.13 Å². The summed E-state index contributed by atoms with van der Waals surface area (Å²) in [6.45, 7) is -0.0692. The van der Waals surface area contributed by atoms with Crippen LogP contribution in [0.1, 0.15) is 0 Å². The zero-order valence-corrected chi connectivity index (χ0v) is 13.9. The molecule has 3 aromatic rings. The largest absolute Gasteiger partial charge is 0.497 e. The molecule has 0 aliphatic rings. The van der Waals surface area contributed by atoms with Gasteiger partial charge in [-0.25, -0.2) is 4.98 Å². The summed E-state index contributed by atoms with van der Waals surface area (Å²) in [6.07, 6.45) is 0. The minimum atomic E-state index is -0.243. The molecule has 1 amide bonds. The zero-order valence-electron chi connectivity index (χ0n) is 12.3. The second kappa shape index (κ2) is 7.26. The van der Waals surface area contributed by atoms with Gasteiger partial charge in [0.25, 0.3) is 5.91 Å². The SMILES string of the molecule is COc1ccc(OCC(=O)Nc2nc(-c3cccs3)cs2)cc1. The van der Waals surface area contributed by atoms with E-state index in [2.05, 4.69) is 10.3 Å². The molecule has 0 spiro atoms. The van der Waals surface area contributed by atoms with Gasteiger partial charge in [-0.05, 0) is 35.7 Å². The van der Waals surface area contributed by atoms with Gasteiger partial charge >= 0.3 is 0 Å². The van der Waals surface area contributed by atoms with Gasteiger partial charge in [0, 0.05) is 5.38 Å². The fourth-order valence-electron chi connectivity index (χ4n) is 1.84. The fraction of sp³-hybridized carbons (Fsp3) is 0.125. The van der Waals surface area contributed by atoms with Crippen molar-refractivity contribution in [2.24, 2.45) is 0 Å². The monoisotopic (exact) mass is 346 g/mol. The molecule has 118 valence electrons. The average molecular weight is 346 g/mol. The van der Waals surface area contributed by atoms with Crippen molar-refractivity contribution in [3.05, 3.63) is 47.2 Å². The van der Waals surface area contributed by atoms with Crippen molar-refractivity contribution in [1.82, 2.24) is 4.98 Å². The summed E-state index contributed by atoms with van der Waals surface area (Å²) in [5, 5.41) is 7.22. The van der Waals surface area contributed by atoms with Crippen molar-refractivity contribution in [1.29, 1.82) is 0 Å². The van der Waals surface area contributed by atoms with Crippen LogP contribution in [0, 0.1) is 0 Å². The number of anilines is 1. The molecule has 5 nitrogen and oxygen atoms in total. The maximum atomic E-state index is 11.9. The highest BCUT2D eigenvalue weighted by Gasteiger charge is 2.09. The molecule has 7 heteroatoms. The number of aromatic nitrogens is 1. The number of rotatable bonds is 6. The predicted octanol–water partition coefficient (Wildman–Crippen LogP) is 3.90. The molecule has 0 unspecified atom stereocenters. The van der Waals surface area contributed by atoms with Crippen molar-refractivity contribution in [3.63, 3.8) is 0 Å². The van der Waals surface area contributed by atoms with Crippen LogP contribution in [0.15, 0.2) is 47.2 Å². The van der Waals surface area contributed by atoms with Crippen LogP contribution in [-0.2, 0) is 4.79 Å². The standard InChI is InChI=1S/C16H14N2O3S2/c1-20-11-4-6-12(7-5-11)21-9-15(19)18-16-17-13(10-23-16)14-3-2-8-22-14/h2-8,10H,9H2,1H3,(H,17,18,19). The third-order valence-electron chi connectivity index (χ3n) is 2.95. The number of hydrogen-bond acceptors (Lipinski definition) is 6. The number of ether oxygens (including phenoxy) is 2. The summed E-state index contributed by atoms with van der Waals surface area (Å²) in [7, 11) is 1.60. The lowest BCUT2D eigenvalue weighted by molar-refractivity contribution is -0.118. The summed E-state index contributed by atoms with van der Waals surface area (Å²) in [5.41, 5.74) is 0.872. The van der Waals surface area contributed by atoms with Crippen molar-refractivity contribution < 1.29 is 14.3 Å². The minimum Gasteiger partial charge on any atom is -0.497 e. The van der Waals surface area contributed by atoms with Crippen molar-refractivity contribution in [3.8, 4) is 22.1 Å². The van der Waals surface area contributed by atoms with Crippen molar-refractivity contribution >= 4 is 33.7 Å². The quantitative estimate of drug-likeness (QED) is 0.735. The normalized spacial score (nSPS) is 10.3. The highest BCUT2D eigenvalue weighted by Crippen LogP contribution is 2.28. The Morgan fingerprint density at radius 2 is 1.96 bits per heavy atom. The third-order valence-corrected chi connectivity index (χ3v) is 4.60. The number of amides is 1. The molecule has 1 aromatic carbocycles. The third kappa shape index (κ3) is 4.08. The van der Waals surface area contributed by atoms with Gasteiger partial charge in [0.1, 0.15) is 11.5 Å². The number of thiazole rings is 1. The highest BCUT2D eigenvalue weighted by atomic mass is 32.1. The molecule has 1 N–H and O–H groups in total. The Morgan fingerprint density at radius 1 is 1.17 bits per heavy atom. The second-order valence-electron chi connectivity index (χ2n) is 4.53. The van der Waals surface area contributed by atoms with Crippen LogP contribution in [0.3, 0.4) is 0 Å². The summed E-state index contributed by atoms with van der Waals surface area (Å²) in [6, 6.07) is 11.0. The molecule has 2 heterocycles. The van der Waals surface area contributed by atoms with E-state index >= 15 is 0 Å². The highest BCUT2D eigenvalue weighted by molar-refractivity contribution is 7.16. The molecular weight excluding hydrogens is 332 g/mol. The predicted molar refractivity (Wildman–Crippen MR) is 92.5 cm³/mol. The molecule has 0 saturated heterocycles. The molecule has 3 rings (SSSR count). The van der Waals surface area contributed by atoms with Crippen molar-refractivity contribution in [2.45, 2.75) is 0 Å². The Balaban J connectivity index is 1.53. The first-order valence-corrected chi connectivity index (χ1v) is 8.56. The number of carbonyl (C=O) groups excluding carboxylic acids is 1. The molecule has 0 radical (unpaired) electrons. The van der Waals surface area contributed by atoms with Gasteiger partial charge in [-0.3, -0.25) is 10.1 Å². The lowest BCUT2D eigenvalue weighted by Crippen LogP contribution is -2.20. The maximum absolute atomic E-state index is 11.9. The number of carbonyl (C=O) groups is 1. The van der Waals surface area contributed by atoms with E-state index in [4.69, 9.17) is 9.47 Å². The van der Waals surface area contributed by atoms with Crippen LogP contribution in [0.5, 0.6) is 11.5 Å². The van der Waals surface area contributed by atoms with Crippen LogP contribution < -0.4 is 14.8 Å². The van der Waals surface area contributed by atoms with E-state index in [0.29, 0.717) is 10.9 Å². The van der Waals surface area contributed by atoms with Gasteiger partial charge in [-0.2, -0.15) is 0 Å². The number of hydrogen-bond donors (Lipinski definition) is 1. The number of benzene rings is 1. The number of methoxy groups -OCH3 is 1. The van der Waals surface area contributed by atoms with E-state index in [9.17, 15) is 4.79 Å². The Morgan fingerprint density at radius 3 is 2.65 bits per heavy atom. The molecular formula is C16H14N2O3S2. The first-order chi connectivity index (χ1) is 11.2. The topological polar surface area (TPSA) is 60.5 Å². The Kier molecular flexibility index (Phi) is 4.89. The van der Waals surface area contributed by atoms with Gasteiger partial charge < -0.3 is 9.47 Å². The van der Waals surface area contributed by atoms with E-state index < -0.39 is 0 Å². The molecule has 23 heavy (non-hydrogen) atoms. The second-order valence-corrected chi connectivity index (χ2v) is 6.33. The summed E-state index contributed by atoms with van der Waals surface area (Å²) < 4.78 is 10.5. The number of thiophene rings is 1. The minimum absolute atomic E-state index is 0.0692. The molecule has 0 fully saturated rings. The molecule has 0 bridgehead atoms. The average Bonchev–Trinajstić information content (AvgIpc) is 3.24. The van der Waals surface area contributed by atoms with Gasteiger partial charge in [0.2, 0.25) is 0 Å². The Bertz CT molecular complexity index is 767. The lowest BCUT2D eigenvalue weighted by Gasteiger charge is -2.06. The van der Waals surface area contributed by atoms with Gasteiger partial charge in [-0.1, -0.05) is 6.07 Å². The van der Waals surface area contributed by atoms with Crippen LogP contribution in [0.25, 0.3) is 10.6 Å². The van der Waals surface area contributed by atoms with Gasteiger partial charge in [0.05, 0.1) is 17.7 Å². The first kappa shape index (κ1) is 15.5. The Labute approximate surface area is 141 Å². The van der Waals surface area contributed by atoms with E-state index in [-0.39, 0.29) is 12.5 Å². The van der Waals surface area contributed by atoms with Gasteiger partial charge in [0.15, 0.2) is 11.7 Å². The van der Waals surface area contributed by atoms with Crippen LogP contribution in [-0.4, -0.2) is 24.6 Å². The summed E-state index contributed by atoms with van der Waals surface area (Å²) in [4.78, 5) is 17.4. The lowest BCUT2D eigenvalue weighted by atomic mass is 10.3. The van der Waals surface area contributed by atoms with E-state index in [0.717, 1.165) is 16.3 Å². The van der Waals surface area contributed by atoms with Crippen LogP contribution in [0.2, 0.25) is 0 Å². The fourth-order valence-corrected chi connectivity index (χ4v) is 3.33. The van der Waals surface area contributed by atoms with E-state index in [1.165, 1.54) is 11.3 Å². The molecule has 0 aliphatic heterocycles. The van der Waals surface area contributed by atoms with Crippen LogP contribution >= 0.6 is 22.7 Å². The van der Waals surface area contributed by atoms with Gasteiger partial charge in [-0.15, -0.1) is 22.7 Å². The van der Waals surface area contributed by atoms with E-state index in [1.807, 2.05) is 22.9 Å². The molecule has 2 aromatic heterocycles. The zero-order chi connectivity index (χ0) is 16.1. The summed E-state index contributed by atoms with van der Waals surface area (Å²) in [5.74, 6) is 1.11. The number of nitrogens with one attached hydrogen (secondary N) is 1. The van der Waals surface area contributed by atoms with Crippen molar-refractivity contribution in [2.75, 3.05) is 19.0 Å².